The van der Waals surface area contributed by atoms with Gasteiger partial charge in [-0.1, -0.05) is 64.8 Å². The van der Waals surface area contributed by atoms with Crippen LogP contribution in [0.4, 0.5) is 0 Å². The first kappa shape index (κ1) is 31.1. The molecule has 0 aromatic rings. The molecule has 0 aromatic heterocycles. The Kier molecular flexibility index (Phi) is 33.1. The molecule has 3 nitrogen and oxygen atoms in total. The molecule has 0 saturated carbocycles. The van der Waals surface area contributed by atoms with Crippen molar-refractivity contribution in [3.63, 3.8) is 0 Å². The van der Waals surface area contributed by atoms with Crippen LogP contribution in [0.1, 0.15) is 47.5 Å². The molecule has 2 atom stereocenters. The van der Waals surface area contributed by atoms with Crippen molar-refractivity contribution in [2.45, 2.75) is 53.5 Å². The van der Waals surface area contributed by atoms with E-state index in [1.165, 1.54) is 5.57 Å². The van der Waals surface area contributed by atoms with Gasteiger partial charge in [0.15, 0.2) is 0 Å². The average Bonchev–Trinajstić information content (AvgIpc) is 3.07. The summed E-state index contributed by atoms with van der Waals surface area (Å²) in [6.45, 7) is 13.6. The van der Waals surface area contributed by atoms with E-state index < -0.39 is 0 Å². The van der Waals surface area contributed by atoms with Gasteiger partial charge in [0.05, 0.1) is 0 Å². The van der Waals surface area contributed by atoms with Gasteiger partial charge in [0.1, 0.15) is 0 Å². The summed E-state index contributed by atoms with van der Waals surface area (Å²) in [5.74, 6) is 0.629. The summed E-state index contributed by atoms with van der Waals surface area (Å²) in [5.41, 5.74) is 1.53. The summed E-state index contributed by atoms with van der Waals surface area (Å²) in [4.78, 5) is 0. The van der Waals surface area contributed by atoms with E-state index in [1.807, 2.05) is 13.8 Å². The van der Waals surface area contributed by atoms with Crippen molar-refractivity contribution in [1.29, 1.82) is 0 Å². The topological polar surface area (TPSA) is 42.3 Å². The first-order chi connectivity index (χ1) is 10.1. The second kappa shape index (κ2) is 24.5. The summed E-state index contributed by atoms with van der Waals surface area (Å²) in [5, 5.41) is 12.1. The molecule has 1 aliphatic rings. The Morgan fingerprint density at radius 1 is 1.04 bits per heavy atom. The van der Waals surface area contributed by atoms with E-state index >= 15 is 0 Å². The van der Waals surface area contributed by atoms with Crippen LogP contribution < -0.4 is 0 Å². The van der Waals surface area contributed by atoms with Crippen LogP contribution in [0.15, 0.2) is 23.8 Å². The molecule has 1 rings (SSSR count). The van der Waals surface area contributed by atoms with Crippen LogP contribution in [0.5, 0.6) is 0 Å². The Hall–Kier alpha value is 0.243. The van der Waals surface area contributed by atoms with Crippen molar-refractivity contribution in [1.82, 2.24) is 0 Å². The molecule has 0 saturated heterocycles. The van der Waals surface area contributed by atoms with Gasteiger partial charge in [0.25, 0.3) is 0 Å². The van der Waals surface area contributed by atoms with Crippen LogP contribution in [0, 0.1) is 13.3 Å². The smallest absolute Gasteiger partial charge is 0.665 e. The van der Waals surface area contributed by atoms with E-state index in [4.69, 9.17) is 0 Å². The molecule has 0 bridgehead atoms. The Labute approximate surface area is 166 Å². The van der Waals surface area contributed by atoms with Gasteiger partial charge in [-0.15, -0.1) is 12.6 Å². The van der Waals surface area contributed by atoms with Crippen molar-refractivity contribution in [2.75, 3.05) is 33.7 Å². The maximum atomic E-state index is 4.62. The van der Waals surface area contributed by atoms with E-state index in [0.717, 1.165) is 32.5 Å². The molecule has 0 aliphatic heterocycles. The van der Waals surface area contributed by atoms with E-state index in [-0.39, 0.29) is 33.6 Å². The molecule has 0 N–H and O–H groups in total. The molecular weight excluding hydrogens is 361 g/mol. The van der Waals surface area contributed by atoms with Gasteiger partial charge in [0, 0.05) is 0 Å². The van der Waals surface area contributed by atoms with E-state index in [9.17, 15) is 0 Å². The van der Waals surface area contributed by atoms with Crippen LogP contribution in [0.2, 0.25) is 0 Å². The summed E-state index contributed by atoms with van der Waals surface area (Å²) in [7, 11) is 3.61. The minimum atomic E-state index is 0. The Morgan fingerprint density at radius 3 is 1.83 bits per heavy atom. The molecule has 0 heterocycles. The van der Waals surface area contributed by atoms with Crippen molar-refractivity contribution < 1.29 is 26.2 Å². The third kappa shape index (κ3) is 22.2. The van der Waals surface area contributed by atoms with Gasteiger partial charge >= 0.3 is 26.2 Å². The molecule has 134 valence electrons. The normalized spacial score (nSPS) is 14.0. The monoisotopic (exact) mass is 399 g/mol. The predicted molar refractivity (Wildman–Crippen MR) is 105 cm³/mol. The minimum absolute atomic E-state index is 0. The standard InChI is InChI=1S/C12H20N.2C3H8N.CH3.Zr/c1-4-11(3)13-9-10(2)12-7-5-6-8-12;2*1-3-4-2;;/h5-7,10-11H,4,8-9H2,1-3H3;2*3H2,1-2H3;1H3;/q4*-1;+4. The molecule has 0 fully saturated rings. The zero-order valence-electron chi connectivity index (χ0n) is 16.8. The fraction of sp³-hybridized carbons (Fsp3) is 0.737. The largest absolute Gasteiger partial charge is 4.00 e. The summed E-state index contributed by atoms with van der Waals surface area (Å²) >= 11 is 0. The number of allylic oxidation sites excluding steroid dienone is 3. The van der Waals surface area contributed by atoms with Gasteiger partial charge < -0.3 is 23.4 Å². The third-order valence-corrected chi connectivity index (χ3v) is 3.35. The van der Waals surface area contributed by atoms with Crippen LogP contribution in [0.25, 0.3) is 16.0 Å². The zero-order chi connectivity index (χ0) is 16.5. The quantitative estimate of drug-likeness (QED) is 0.460. The van der Waals surface area contributed by atoms with E-state index in [0.29, 0.717) is 12.0 Å². The molecule has 4 heteroatoms. The number of nitrogens with zero attached hydrogens (tertiary/aromatic N) is 3. The Morgan fingerprint density at radius 2 is 1.52 bits per heavy atom. The molecule has 0 spiro atoms. The third-order valence-electron chi connectivity index (χ3n) is 3.35. The molecule has 0 amide bonds. The van der Waals surface area contributed by atoms with Crippen LogP contribution in [-0.4, -0.2) is 39.8 Å². The molecule has 0 radical (unpaired) electrons. The van der Waals surface area contributed by atoms with Gasteiger partial charge in [-0.3, -0.25) is 0 Å². The average molecular weight is 401 g/mol. The first-order valence-electron chi connectivity index (χ1n) is 8.20. The van der Waals surface area contributed by atoms with Crippen molar-refractivity contribution in [2.24, 2.45) is 5.92 Å². The van der Waals surface area contributed by atoms with Crippen molar-refractivity contribution in [3.8, 4) is 0 Å². The second-order valence-corrected chi connectivity index (χ2v) is 5.16. The molecular formula is C19H39N3Zr. The van der Waals surface area contributed by atoms with E-state index in [1.54, 1.807) is 14.1 Å². The fourth-order valence-electron chi connectivity index (χ4n) is 1.41. The van der Waals surface area contributed by atoms with Crippen molar-refractivity contribution >= 4 is 0 Å². The number of hydrogen-bond acceptors (Lipinski definition) is 0. The maximum absolute atomic E-state index is 4.62. The summed E-state index contributed by atoms with van der Waals surface area (Å²) < 4.78 is 0. The SMILES string of the molecule is CCC(C)[N-]CC(C)C1=CC=CC1.CC[N-]C.CC[N-]C.[CH3-].[Zr+4]. The van der Waals surface area contributed by atoms with Crippen LogP contribution >= 0.6 is 0 Å². The summed E-state index contributed by atoms with van der Waals surface area (Å²) in [6.07, 6.45) is 8.89. The summed E-state index contributed by atoms with van der Waals surface area (Å²) in [6, 6.07) is 0.525. The number of hydrogen-bond donors (Lipinski definition) is 0. The predicted octanol–water partition coefficient (Wildman–Crippen LogP) is 6.15. The van der Waals surface area contributed by atoms with Gasteiger partial charge in [0.2, 0.25) is 0 Å². The van der Waals surface area contributed by atoms with Gasteiger partial charge in [-0.2, -0.15) is 27.2 Å². The molecule has 1 aliphatic carbocycles. The van der Waals surface area contributed by atoms with Crippen LogP contribution in [0.3, 0.4) is 0 Å². The maximum Gasteiger partial charge on any atom is 4.00 e. The molecule has 0 aromatic carbocycles. The first-order valence-corrected chi connectivity index (χ1v) is 8.20. The van der Waals surface area contributed by atoms with Gasteiger partial charge in [-0.05, 0) is 12.3 Å². The molecule has 23 heavy (non-hydrogen) atoms. The van der Waals surface area contributed by atoms with Crippen LogP contribution in [-0.2, 0) is 26.2 Å². The zero-order valence-corrected chi connectivity index (χ0v) is 19.2. The number of rotatable bonds is 7. The Bertz CT molecular complexity index is 257. The fourth-order valence-corrected chi connectivity index (χ4v) is 1.41. The van der Waals surface area contributed by atoms with E-state index in [2.05, 4.69) is 54.9 Å². The Balaban J connectivity index is -0.000000153. The minimum Gasteiger partial charge on any atom is -0.665 e. The van der Waals surface area contributed by atoms with Gasteiger partial charge in [-0.25, -0.2) is 0 Å². The van der Waals surface area contributed by atoms with Crippen molar-refractivity contribution in [3.05, 3.63) is 47.2 Å². The second-order valence-electron chi connectivity index (χ2n) is 5.16. The molecule has 2 unspecified atom stereocenters.